The topological polar surface area (TPSA) is 54.4 Å². The first-order valence-electron chi connectivity index (χ1n) is 11.3. The third-order valence-corrected chi connectivity index (χ3v) is 6.48. The van der Waals surface area contributed by atoms with E-state index in [1.165, 1.54) is 0 Å². The molecule has 1 atom stereocenters. The van der Waals surface area contributed by atoms with Crippen molar-refractivity contribution in [2.24, 2.45) is 4.99 Å². The Balaban J connectivity index is 1.48. The van der Waals surface area contributed by atoms with Gasteiger partial charge in [-0.05, 0) is 67.9 Å². The van der Waals surface area contributed by atoms with Crippen LogP contribution in [0.4, 0.5) is 5.69 Å². The molecule has 1 amide bonds. The van der Waals surface area contributed by atoms with E-state index in [1.807, 2.05) is 54.3 Å². The van der Waals surface area contributed by atoms with E-state index < -0.39 is 0 Å². The fourth-order valence-corrected chi connectivity index (χ4v) is 4.66. The van der Waals surface area contributed by atoms with E-state index in [0.29, 0.717) is 30.2 Å². The molecule has 34 heavy (non-hydrogen) atoms. The summed E-state index contributed by atoms with van der Waals surface area (Å²) >= 11 is 6.11. The molecule has 5 rings (SSSR count). The van der Waals surface area contributed by atoms with Crippen molar-refractivity contribution < 1.29 is 14.3 Å². The summed E-state index contributed by atoms with van der Waals surface area (Å²) in [5.41, 5.74) is 3.36. The van der Waals surface area contributed by atoms with Crippen LogP contribution in [0.25, 0.3) is 0 Å². The van der Waals surface area contributed by atoms with Gasteiger partial charge in [-0.15, -0.1) is 0 Å². The molecule has 0 aliphatic carbocycles. The van der Waals surface area contributed by atoms with Crippen LogP contribution in [0.5, 0.6) is 17.2 Å². The molecule has 2 aliphatic heterocycles. The summed E-state index contributed by atoms with van der Waals surface area (Å²) in [6.07, 6.45) is 0. The summed E-state index contributed by atoms with van der Waals surface area (Å²) in [6.45, 7) is 5.96. The predicted molar refractivity (Wildman–Crippen MR) is 134 cm³/mol. The number of amidine groups is 1. The van der Waals surface area contributed by atoms with Gasteiger partial charge in [-0.3, -0.25) is 4.79 Å². The number of ether oxygens (including phenoxy) is 2. The molecule has 6 nitrogen and oxygen atoms in total. The number of carbonyl (C=O) groups excluding carboxylic acids is 1. The van der Waals surface area contributed by atoms with Gasteiger partial charge in [0.25, 0.3) is 5.91 Å². The average Bonchev–Trinajstić information content (AvgIpc) is 2.99. The van der Waals surface area contributed by atoms with E-state index in [0.717, 1.165) is 39.9 Å². The second-order valence-corrected chi connectivity index (χ2v) is 9.11. The van der Waals surface area contributed by atoms with Crippen molar-refractivity contribution in [3.05, 3.63) is 82.4 Å². The van der Waals surface area contributed by atoms with Crippen molar-refractivity contribution >= 4 is 29.0 Å². The lowest BCUT2D eigenvalue weighted by Crippen LogP contribution is -2.55. The Morgan fingerprint density at radius 1 is 1.09 bits per heavy atom. The predicted octanol–water partition coefficient (Wildman–Crippen LogP) is 5.69. The highest BCUT2D eigenvalue weighted by Crippen LogP contribution is 2.40. The molecule has 0 N–H and O–H groups in total. The minimum atomic E-state index is -0.0151. The number of halogens is 1. The minimum Gasteiger partial charge on any atom is -0.497 e. The number of rotatable bonds is 2. The number of aryl methyl sites for hydroxylation is 1. The first-order valence-corrected chi connectivity index (χ1v) is 11.7. The number of fused-ring (bicyclic) bond motifs is 2. The maximum atomic E-state index is 13.2. The number of aliphatic imine (C=N–C) groups is 1. The number of benzene rings is 3. The molecule has 2 aliphatic rings. The van der Waals surface area contributed by atoms with Crippen LogP contribution in [0.3, 0.4) is 0 Å². The molecule has 3 aromatic rings. The van der Waals surface area contributed by atoms with Crippen LogP contribution in [0, 0.1) is 6.92 Å². The quantitative estimate of drug-likeness (QED) is 0.478. The van der Waals surface area contributed by atoms with Crippen molar-refractivity contribution in [3.63, 3.8) is 0 Å². The molecule has 0 spiro atoms. The number of amides is 1. The van der Waals surface area contributed by atoms with Crippen LogP contribution in [0.1, 0.15) is 28.4 Å². The number of hydrogen-bond acceptors (Lipinski definition) is 5. The van der Waals surface area contributed by atoms with E-state index in [-0.39, 0.29) is 11.9 Å². The minimum absolute atomic E-state index is 0.0105. The zero-order valence-corrected chi connectivity index (χ0v) is 20.2. The number of nitrogens with zero attached hydrogens (tertiary/aromatic N) is 3. The molecule has 174 valence electrons. The fourth-order valence-electron chi connectivity index (χ4n) is 4.47. The molecular formula is C27H26ClN3O3. The van der Waals surface area contributed by atoms with Crippen molar-refractivity contribution in [1.29, 1.82) is 0 Å². The van der Waals surface area contributed by atoms with Crippen LogP contribution in [0.2, 0.25) is 5.02 Å². The summed E-state index contributed by atoms with van der Waals surface area (Å²) in [5, 5.41) is 0.560. The van der Waals surface area contributed by atoms with E-state index in [4.69, 9.17) is 26.1 Å². The second kappa shape index (κ2) is 9.03. The third kappa shape index (κ3) is 4.21. The fraction of sp³-hybridized carbons (Fsp3) is 0.259. The Labute approximate surface area is 204 Å². The lowest BCUT2D eigenvalue weighted by atomic mass is 10.1. The van der Waals surface area contributed by atoms with Gasteiger partial charge < -0.3 is 19.3 Å². The largest absolute Gasteiger partial charge is 0.497 e. The molecule has 1 fully saturated rings. The van der Waals surface area contributed by atoms with Crippen molar-refractivity contribution in [2.45, 2.75) is 19.9 Å². The van der Waals surface area contributed by atoms with Crippen molar-refractivity contribution in [1.82, 2.24) is 9.80 Å². The zero-order valence-electron chi connectivity index (χ0n) is 19.4. The SMILES string of the molecule is COc1ccc2c(c1)C(N1CCN(C(=O)c3cccc(Cl)c3)C(C)C1)=Nc1ccc(C)cc1O2. The molecule has 0 radical (unpaired) electrons. The van der Waals surface area contributed by atoms with Crippen LogP contribution >= 0.6 is 11.6 Å². The first-order chi connectivity index (χ1) is 16.4. The highest BCUT2D eigenvalue weighted by molar-refractivity contribution is 6.31. The van der Waals surface area contributed by atoms with Gasteiger partial charge in [0.2, 0.25) is 0 Å². The van der Waals surface area contributed by atoms with E-state index in [9.17, 15) is 4.79 Å². The number of methoxy groups -OCH3 is 1. The first kappa shape index (κ1) is 22.3. The lowest BCUT2D eigenvalue weighted by Gasteiger charge is -2.41. The maximum absolute atomic E-state index is 13.2. The van der Waals surface area contributed by atoms with Crippen LogP contribution < -0.4 is 9.47 Å². The highest BCUT2D eigenvalue weighted by Gasteiger charge is 2.32. The average molecular weight is 476 g/mol. The van der Waals surface area contributed by atoms with Gasteiger partial charge in [0.15, 0.2) is 5.75 Å². The van der Waals surface area contributed by atoms with Crippen LogP contribution in [0.15, 0.2) is 65.7 Å². The number of carbonyl (C=O) groups is 1. The van der Waals surface area contributed by atoms with Gasteiger partial charge in [-0.2, -0.15) is 0 Å². The van der Waals surface area contributed by atoms with Gasteiger partial charge in [-0.25, -0.2) is 4.99 Å². The molecule has 0 aromatic heterocycles. The molecule has 2 heterocycles. The van der Waals surface area contributed by atoms with E-state index in [1.54, 1.807) is 25.3 Å². The van der Waals surface area contributed by atoms with Gasteiger partial charge in [0.05, 0.1) is 12.7 Å². The number of piperazine rings is 1. The van der Waals surface area contributed by atoms with Crippen LogP contribution in [-0.2, 0) is 0 Å². The summed E-state index contributed by atoms with van der Waals surface area (Å²) in [5.74, 6) is 3.00. The molecule has 7 heteroatoms. The standard InChI is InChI=1S/C27H26ClN3O3/c1-17-7-9-23-25(13-17)34-24-10-8-21(33-3)15-22(24)26(29-23)30-11-12-31(18(2)16-30)27(32)19-5-4-6-20(28)14-19/h4-10,13-15,18H,11-12,16H2,1-3H3. The van der Waals surface area contributed by atoms with Gasteiger partial charge >= 0.3 is 0 Å². The molecule has 0 saturated carbocycles. The van der Waals surface area contributed by atoms with Gasteiger partial charge in [0, 0.05) is 36.3 Å². The van der Waals surface area contributed by atoms with Crippen molar-refractivity contribution in [3.8, 4) is 17.2 Å². The highest BCUT2D eigenvalue weighted by atomic mass is 35.5. The molecule has 1 saturated heterocycles. The van der Waals surface area contributed by atoms with Crippen molar-refractivity contribution in [2.75, 3.05) is 26.7 Å². The summed E-state index contributed by atoms with van der Waals surface area (Å²) in [6, 6.07) is 18.9. The maximum Gasteiger partial charge on any atom is 0.254 e. The monoisotopic (exact) mass is 475 g/mol. The summed E-state index contributed by atoms with van der Waals surface area (Å²) < 4.78 is 11.8. The van der Waals surface area contributed by atoms with E-state index in [2.05, 4.69) is 11.8 Å². The molecule has 1 unspecified atom stereocenters. The Kier molecular flexibility index (Phi) is 5.92. The van der Waals surface area contributed by atoms with Crippen LogP contribution in [-0.4, -0.2) is 54.3 Å². The van der Waals surface area contributed by atoms with Gasteiger partial charge in [0.1, 0.15) is 23.0 Å². The zero-order chi connectivity index (χ0) is 23.8. The Morgan fingerprint density at radius 3 is 2.71 bits per heavy atom. The van der Waals surface area contributed by atoms with Gasteiger partial charge in [-0.1, -0.05) is 23.7 Å². The smallest absolute Gasteiger partial charge is 0.254 e. The Bertz CT molecular complexity index is 1290. The number of hydrogen-bond donors (Lipinski definition) is 0. The normalized spacial score (nSPS) is 17.2. The third-order valence-electron chi connectivity index (χ3n) is 6.25. The Morgan fingerprint density at radius 2 is 1.94 bits per heavy atom. The molecular weight excluding hydrogens is 450 g/mol. The molecule has 3 aromatic carbocycles. The molecule has 0 bridgehead atoms. The lowest BCUT2D eigenvalue weighted by molar-refractivity contribution is 0.0581. The summed E-state index contributed by atoms with van der Waals surface area (Å²) in [4.78, 5) is 22.3. The summed E-state index contributed by atoms with van der Waals surface area (Å²) in [7, 11) is 1.65. The van der Waals surface area contributed by atoms with E-state index >= 15 is 0 Å². The second-order valence-electron chi connectivity index (χ2n) is 8.67. The Hall–Kier alpha value is -3.51.